The molecule has 0 atom stereocenters. The van der Waals surface area contributed by atoms with Crippen molar-refractivity contribution in [2.45, 2.75) is 13.8 Å². The van der Waals surface area contributed by atoms with Gasteiger partial charge in [-0.15, -0.1) is 0 Å². The highest BCUT2D eigenvalue weighted by molar-refractivity contribution is 6.04. The summed E-state index contributed by atoms with van der Waals surface area (Å²) in [6.45, 7) is 3.33. The first-order valence-corrected chi connectivity index (χ1v) is 7.61. The monoisotopic (exact) mass is 341 g/mol. The topological polar surface area (TPSA) is 103 Å². The first kappa shape index (κ1) is 16.5. The molecule has 3 rings (SSSR count). The Bertz CT molecular complexity index is 974. The fourth-order valence-electron chi connectivity index (χ4n) is 2.80. The summed E-state index contributed by atoms with van der Waals surface area (Å²) in [7, 11) is 0. The highest BCUT2D eigenvalue weighted by Gasteiger charge is 2.30. The molecule has 128 valence electrons. The Kier molecular flexibility index (Phi) is 4.14. The van der Waals surface area contributed by atoms with E-state index in [0.29, 0.717) is 11.1 Å². The number of nitrogens with zero attached hydrogens (tertiary/aromatic N) is 1. The van der Waals surface area contributed by atoms with Crippen LogP contribution in [0.25, 0.3) is 22.1 Å². The zero-order valence-electron chi connectivity index (χ0n) is 13.6. The quantitative estimate of drug-likeness (QED) is 0.433. The molecule has 0 spiro atoms. The molecule has 0 saturated heterocycles. The number of hydrogen-bond acceptors (Lipinski definition) is 6. The third kappa shape index (κ3) is 2.69. The molecule has 0 aliphatic carbocycles. The van der Waals surface area contributed by atoms with E-state index in [1.54, 1.807) is 44.2 Å². The number of nitro benzene ring substituents is 1. The van der Waals surface area contributed by atoms with Crippen LogP contribution in [-0.2, 0) is 4.74 Å². The lowest BCUT2D eigenvalue weighted by atomic mass is 10.00. The highest BCUT2D eigenvalue weighted by Crippen LogP contribution is 2.44. The average Bonchev–Trinajstić information content (AvgIpc) is 2.93. The first-order valence-electron chi connectivity index (χ1n) is 7.61. The third-order valence-electron chi connectivity index (χ3n) is 3.88. The van der Waals surface area contributed by atoms with E-state index in [2.05, 4.69) is 0 Å². The SMILES string of the molecule is CCOC(=O)c1oc2c([N+](=O)[O-])c(-c3ccccc3)cc(O)c2c1C. The summed E-state index contributed by atoms with van der Waals surface area (Å²) in [6, 6.07) is 9.94. The van der Waals surface area contributed by atoms with Crippen molar-refractivity contribution in [3.8, 4) is 16.9 Å². The van der Waals surface area contributed by atoms with Gasteiger partial charge in [-0.25, -0.2) is 4.79 Å². The Morgan fingerprint density at radius 1 is 1.32 bits per heavy atom. The van der Waals surface area contributed by atoms with Crippen LogP contribution in [0, 0.1) is 17.0 Å². The molecule has 1 heterocycles. The lowest BCUT2D eigenvalue weighted by Gasteiger charge is -2.05. The minimum atomic E-state index is -0.730. The standard InChI is InChI=1S/C18H15NO6/c1-3-24-18(21)16-10(2)14-13(20)9-12(11-7-5-4-6-8-11)15(19(22)23)17(14)25-16/h4-9,20H,3H2,1-2H3. The van der Waals surface area contributed by atoms with Crippen LogP contribution in [0.2, 0.25) is 0 Å². The second-order valence-corrected chi connectivity index (χ2v) is 5.40. The number of benzene rings is 2. The molecule has 0 fully saturated rings. The van der Waals surface area contributed by atoms with Crippen LogP contribution in [0.1, 0.15) is 23.0 Å². The van der Waals surface area contributed by atoms with Crippen LogP contribution < -0.4 is 0 Å². The van der Waals surface area contributed by atoms with Crippen molar-refractivity contribution in [3.05, 3.63) is 57.8 Å². The summed E-state index contributed by atoms with van der Waals surface area (Å²) in [5.74, 6) is -1.08. The molecule has 7 heteroatoms. The molecule has 0 amide bonds. The molecule has 0 unspecified atom stereocenters. The summed E-state index contributed by atoms with van der Waals surface area (Å²) in [5, 5.41) is 22.2. The molecule has 7 nitrogen and oxygen atoms in total. The Morgan fingerprint density at radius 3 is 2.60 bits per heavy atom. The number of fused-ring (bicyclic) bond motifs is 1. The van der Waals surface area contributed by atoms with Gasteiger partial charge in [0.2, 0.25) is 11.3 Å². The number of rotatable bonds is 4. The summed E-state index contributed by atoms with van der Waals surface area (Å²) < 4.78 is 10.4. The number of nitro groups is 1. The predicted molar refractivity (Wildman–Crippen MR) is 90.7 cm³/mol. The van der Waals surface area contributed by atoms with E-state index in [4.69, 9.17) is 9.15 Å². The van der Waals surface area contributed by atoms with E-state index in [1.807, 2.05) is 0 Å². The normalized spacial score (nSPS) is 10.8. The molecule has 1 N–H and O–H groups in total. The smallest absolute Gasteiger partial charge is 0.374 e. The Hall–Kier alpha value is -3.35. The Labute approximate surface area is 142 Å². The molecule has 0 aliphatic heterocycles. The van der Waals surface area contributed by atoms with Gasteiger partial charge < -0.3 is 14.3 Å². The van der Waals surface area contributed by atoms with Gasteiger partial charge in [0.05, 0.1) is 22.5 Å². The number of phenolic OH excluding ortho intramolecular Hbond substituents is 1. The Morgan fingerprint density at radius 2 is 2.00 bits per heavy atom. The lowest BCUT2D eigenvalue weighted by Crippen LogP contribution is -2.04. The van der Waals surface area contributed by atoms with Crippen molar-refractivity contribution in [2.24, 2.45) is 0 Å². The van der Waals surface area contributed by atoms with Crippen LogP contribution in [0.15, 0.2) is 40.8 Å². The fourth-order valence-corrected chi connectivity index (χ4v) is 2.80. The maximum Gasteiger partial charge on any atom is 0.374 e. The zero-order valence-corrected chi connectivity index (χ0v) is 13.6. The number of carbonyl (C=O) groups excluding carboxylic acids is 1. The van der Waals surface area contributed by atoms with E-state index in [9.17, 15) is 20.0 Å². The number of aryl methyl sites for hydroxylation is 1. The molecule has 0 aliphatic rings. The minimum Gasteiger partial charge on any atom is -0.507 e. The van der Waals surface area contributed by atoms with Gasteiger partial charge in [-0.05, 0) is 25.5 Å². The molecule has 0 radical (unpaired) electrons. The molecular weight excluding hydrogens is 326 g/mol. The van der Waals surface area contributed by atoms with E-state index in [-0.39, 0.29) is 40.3 Å². The van der Waals surface area contributed by atoms with E-state index in [0.717, 1.165) is 0 Å². The van der Waals surface area contributed by atoms with Crippen molar-refractivity contribution in [1.29, 1.82) is 0 Å². The van der Waals surface area contributed by atoms with Gasteiger partial charge in [-0.1, -0.05) is 30.3 Å². The van der Waals surface area contributed by atoms with Crippen molar-refractivity contribution < 1.29 is 24.0 Å². The van der Waals surface area contributed by atoms with Crippen molar-refractivity contribution in [3.63, 3.8) is 0 Å². The first-order chi connectivity index (χ1) is 12.0. The summed E-state index contributed by atoms with van der Waals surface area (Å²) >= 11 is 0. The summed E-state index contributed by atoms with van der Waals surface area (Å²) in [4.78, 5) is 23.1. The van der Waals surface area contributed by atoms with Gasteiger partial charge >= 0.3 is 11.7 Å². The summed E-state index contributed by atoms with van der Waals surface area (Å²) in [5.41, 5.74) is 0.605. The average molecular weight is 341 g/mol. The molecule has 0 bridgehead atoms. The lowest BCUT2D eigenvalue weighted by molar-refractivity contribution is -0.382. The fraction of sp³-hybridized carbons (Fsp3) is 0.167. The van der Waals surface area contributed by atoms with Crippen LogP contribution in [0.3, 0.4) is 0 Å². The Balaban J connectivity index is 2.37. The number of ether oxygens (including phenoxy) is 1. The largest absolute Gasteiger partial charge is 0.507 e. The van der Waals surface area contributed by atoms with Gasteiger partial charge in [0.1, 0.15) is 5.75 Å². The van der Waals surface area contributed by atoms with Crippen LogP contribution in [-0.4, -0.2) is 22.6 Å². The molecule has 2 aromatic carbocycles. The van der Waals surface area contributed by atoms with E-state index < -0.39 is 10.9 Å². The number of hydrogen-bond donors (Lipinski definition) is 1. The summed E-state index contributed by atoms with van der Waals surface area (Å²) in [6.07, 6.45) is 0. The second kappa shape index (κ2) is 6.27. The number of phenols is 1. The van der Waals surface area contributed by atoms with Crippen molar-refractivity contribution in [2.75, 3.05) is 6.61 Å². The number of furan rings is 1. The number of esters is 1. The van der Waals surface area contributed by atoms with Crippen LogP contribution in [0.5, 0.6) is 5.75 Å². The maximum absolute atomic E-state index is 12.0. The van der Waals surface area contributed by atoms with Gasteiger partial charge in [0.15, 0.2) is 0 Å². The van der Waals surface area contributed by atoms with Crippen LogP contribution >= 0.6 is 0 Å². The second-order valence-electron chi connectivity index (χ2n) is 5.40. The van der Waals surface area contributed by atoms with Crippen molar-refractivity contribution >= 4 is 22.6 Å². The molecular formula is C18H15NO6. The van der Waals surface area contributed by atoms with Crippen LogP contribution in [0.4, 0.5) is 5.69 Å². The third-order valence-corrected chi connectivity index (χ3v) is 3.88. The molecule has 0 saturated carbocycles. The van der Waals surface area contributed by atoms with Gasteiger partial charge in [-0.3, -0.25) is 10.1 Å². The van der Waals surface area contributed by atoms with Gasteiger partial charge in [-0.2, -0.15) is 0 Å². The molecule has 3 aromatic rings. The molecule has 1 aromatic heterocycles. The van der Waals surface area contributed by atoms with E-state index >= 15 is 0 Å². The minimum absolute atomic E-state index is 0.134. The van der Waals surface area contributed by atoms with Gasteiger partial charge in [0.25, 0.3) is 0 Å². The van der Waals surface area contributed by atoms with Crippen molar-refractivity contribution in [1.82, 2.24) is 0 Å². The number of carbonyl (C=O) groups is 1. The predicted octanol–water partition coefficient (Wildman–Crippen LogP) is 4.20. The maximum atomic E-state index is 12.0. The highest BCUT2D eigenvalue weighted by atomic mass is 16.6. The number of aromatic hydroxyl groups is 1. The molecule has 25 heavy (non-hydrogen) atoms. The van der Waals surface area contributed by atoms with Gasteiger partial charge in [0, 0.05) is 5.56 Å². The van der Waals surface area contributed by atoms with E-state index in [1.165, 1.54) is 6.07 Å². The zero-order chi connectivity index (χ0) is 18.1.